The zero-order chi connectivity index (χ0) is 15.4. The summed E-state index contributed by atoms with van der Waals surface area (Å²) < 4.78 is 5.17. The summed E-state index contributed by atoms with van der Waals surface area (Å²) in [7, 11) is 1.61. The van der Waals surface area contributed by atoms with E-state index in [0.717, 1.165) is 42.7 Å². The van der Waals surface area contributed by atoms with Crippen molar-refractivity contribution in [1.82, 2.24) is 10.2 Å². The smallest absolute Gasteiger partial charge is 0.276 e. The molecule has 5 nitrogen and oxygen atoms in total. The summed E-state index contributed by atoms with van der Waals surface area (Å²) in [5.41, 5.74) is 3.45. The van der Waals surface area contributed by atoms with E-state index in [1.807, 2.05) is 18.2 Å². The van der Waals surface area contributed by atoms with Crippen molar-refractivity contribution in [3.05, 3.63) is 41.2 Å². The number of aryl methyl sites for hydroxylation is 1. The number of rotatable bonds is 3. The highest BCUT2D eigenvalue weighted by Gasteiger charge is 2.20. The average Bonchev–Trinajstić information content (AvgIpc) is 2.89. The Morgan fingerprint density at radius 2 is 2.05 bits per heavy atom. The molecule has 1 amide bonds. The van der Waals surface area contributed by atoms with Gasteiger partial charge in [-0.1, -0.05) is 18.9 Å². The van der Waals surface area contributed by atoms with E-state index in [-0.39, 0.29) is 5.91 Å². The molecule has 0 saturated heterocycles. The molecule has 5 heteroatoms. The number of methoxy groups -OCH3 is 1. The normalized spacial score (nSPS) is 14.6. The summed E-state index contributed by atoms with van der Waals surface area (Å²) in [4.78, 5) is 12.5. The van der Waals surface area contributed by atoms with E-state index < -0.39 is 0 Å². The highest BCUT2D eigenvalue weighted by atomic mass is 16.5. The minimum atomic E-state index is -0.161. The van der Waals surface area contributed by atoms with Crippen molar-refractivity contribution in [1.29, 1.82) is 0 Å². The monoisotopic (exact) mass is 299 g/mol. The number of aromatic amines is 1. The first-order valence-corrected chi connectivity index (χ1v) is 7.79. The SMILES string of the molecule is COc1cccc(NC(=O)c2n[nH]c3c2CCCCCC3)c1. The largest absolute Gasteiger partial charge is 0.497 e. The van der Waals surface area contributed by atoms with Crippen molar-refractivity contribution in [2.75, 3.05) is 12.4 Å². The Balaban J connectivity index is 1.80. The lowest BCUT2D eigenvalue weighted by molar-refractivity contribution is 0.102. The minimum absolute atomic E-state index is 0.161. The third-order valence-corrected chi connectivity index (χ3v) is 4.10. The first-order chi connectivity index (χ1) is 10.8. The standard InChI is InChI=1S/C17H21N3O2/c1-22-13-8-6-7-12(11-13)18-17(21)16-14-9-4-2-3-5-10-15(14)19-20-16/h6-8,11H,2-5,9-10H2,1H3,(H,18,21)(H,19,20). The molecule has 0 atom stereocenters. The van der Waals surface area contributed by atoms with E-state index in [9.17, 15) is 4.79 Å². The third kappa shape index (κ3) is 3.13. The fraction of sp³-hybridized carbons (Fsp3) is 0.412. The first kappa shape index (κ1) is 14.6. The van der Waals surface area contributed by atoms with Crippen LogP contribution < -0.4 is 10.1 Å². The van der Waals surface area contributed by atoms with Crippen molar-refractivity contribution in [2.24, 2.45) is 0 Å². The van der Waals surface area contributed by atoms with Crippen LogP contribution in [-0.4, -0.2) is 23.2 Å². The van der Waals surface area contributed by atoms with Gasteiger partial charge < -0.3 is 10.1 Å². The molecule has 1 aliphatic carbocycles. The fourth-order valence-electron chi connectivity index (χ4n) is 2.91. The van der Waals surface area contributed by atoms with Crippen molar-refractivity contribution >= 4 is 11.6 Å². The number of benzene rings is 1. The number of nitrogens with one attached hydrogen (secondary N) is 2. The molecule has 3 rings (SSSR count). The highest BCUT2D eigenvalue weighted by Crippen LogP contribution is 2.23. The Morgan fingerprint density at radius 3 is 2.86 bits per heavy atom. The Labute approximate surface area is 130 Å². The molecule has 0 unspecified atom stereocenters. The molecule has 0 radical (unpaired) electrons. The van der Waals surface area contributed by atoms with Gasteiger partial charge in [-0.25, -0.2) is 0 Å². The van der Waals surface area contributed by atoms with Crippen molar-refractivity contribution < 1.29 is 9.53 Å². The number of anilines is 1. The molecular formula is C17H21N3O2. The van der Waals surface area contributed by atoms with Gasteiger partial charge in [0.1, 0.15) is 5.75 Å². The summed E-state index contributed by atoms with van der Waals surface area (Å²) >= 11 is 0. The minimum Gasteiger partial charge on any atom is -0.497 e. The van der Waals surface area contributed by atoms with Crippen LogP contribution in [0.5, 0.6) is 5.75 Å². The second-order valence-electron chi connectivity index (χ2n) is 5.63. The van der Waals surface area contributed by atoms with Crippen LogP contribution in [0.15, 0.2) is 24.3 Å². The fourth-order valence-corrected chi connectivity index (χ4v) is 2.91. The molecule has 1 aromatic carbocycles. The van der Waals surface area contributed by atoms with Gasteiger partial charge >= 0.3 is 0 Å². The Morgan fingerprint density at radius 1 is 1.23 bits per heavy atom. The first-order valence-electron chi connectivity index (χ1n) is 7.79. The number of carbonyl (C=O) groups excluding carboxylic acids is 1. The van der Waals surface area contributed by atoms with E-state index in [4.69, 9.17) is 4.74 Å². The van der Waals surface area contributed by atoms with E-state index in [1.165, 1.54) is 12.8 Å². The number of hydrogen-bond donors (Lipinski definition) is 2. The highest BCUT2D eigenvalue weighted by molar-refractivity contribution is 6.04. The van der Waals surface area contributed by atoms with Crippen LogP contribution in [0.3, 0.4) is 0 Å². The van der Waals surface area contributed by atoms with Gasteiger partial charge in [0.25, 0.3) is 5.91 Å². The number of hydrogen-bond acceptors (Lipinski definition) is 3. The lowest BCUT2D eigenvalue weighted by atomic mass is 9.97. The Kier molecular flexibility index (Phi) is 4.42. The number of fused-ring (bicyclic) bond motifs is 1. The van der Waals surface area contributed by atoms with Crippen molar-refractivity contribution in [3.8, 4) is 5.75 Å². The van der Waals surface area contributed by atoms with Gasteiger partial charge in [0.05, 0.1) is 7.11 Å². The summed E-state index contributed by atoms with van der Waals surface area (Å²) in [5.74, 6) is 0.557. The van der Waals surface area contributed by atoms with Crippen LogP contribution in [0.2, 0.25) is 0 Å². The number of nitrogens with zero attached hydrogens (tertiary/aromatic N) is 1. The molecule has 0 bridgehead atoms. The number of ether oxygens (including phenoxy) is 1. The lowest BCUT2D eigenvalue weighted by Crippen LogP contribution is -2.15. The van der Waals surface area contributed by atoms with Gasteiger partial charge in [-0.15, -0.1) is 0 Å². The van der Waals surface area contributed by atoms with Crippen LogP contribution in [0.4, 0.5) is 5.69 Å². The summed E-state index contributed by atoms with van der Waals surface area (Å²) in [6, 6.07) is 7.34. The molecule has 22 heavy (non-hydrogen) atoms. The van der Waals surface area contributed by atoms with Gasteiger partial charge in [0.15, 0.2) is 5.69 Å². The van der Waals surface area contributed by atoms with Crippen LogP contribution in [-0.2, 0) is 12.8 Å². The van der Waals surface area contributed by atoms with Crippen LogP contribution in [0, 0.1) is 0 Å². The predicted molar refractivity (Wildman–Crippen MR) is 85.4 cm³/mol. The molecule has 2 N–H and O–H groups in total. The number of carbonyl (C=O) groups is 1. The number of aromatic nitrogens is 2. The molecule has 1 heterocycles. The van der Waals surface area contributed by atoms with E-state index >= 15 is 0 Å². The molecule has 0 fully saturated rings. The maximum atomic E-state index is 12.5. The summed E-state index contributed by atoms with van der Waals surface area (Å²) in [5, 5.41) is 10.2. The molecule has 0 saturated carbocycles. The van der Waals surface area contributed by atoms with Crippen LogP contribution >= 0.6 is 0 Å². The predicted octanol–water partition coefficient (Wildman–Crippen LogP) is 3.33. The van der Waals surface area contributed by atoms with Gasteiger partial charge in [0, 0.05) is 23.0 Å². The van der Waals surface area contributed by atoms with Gasteiger partial charge in [0.2, 0.25) is 0 Å². The van der Waals surface area contributed by atoms with Gasteiger partial charge in [-0.3, -0.25) is 9.89 Å². The van der Waals surface area contributed by atoms with Crippen molar-refractivity contribution in [3.63, 3.8) is 0 Å². The molecule has 2 aromatic rings. The van der Waals surface area contributed by atoms with E-state index in [0.29, 0.717) is 11.4 Å². The summed E-state index contributed by atoms with van der Waals surface area (Å²) in [6.45, 7) is 0. The maximum absolute atomic E-state index is 12.5. The zero-order valence-corrected chi connectivity index (χ0v) is 12.8. The van der Waals surface area contributed by atoms with Crippen molar-refractivity contribution in [2.45, 2.75) is 38.5 Å². The molecule has 1 aromatic heterocycles. The topological polar surface area (TPSA) is 67.0 Å². The Bertz CT molecular complexity index is 664. The van der Waals surface area contributed by atoms with E-state index in [2.05, 4.69) is 15.5 Å². The van der Waals surface area contributed by atoms with Crippen LogP contribution in [0.1, 0.15) is 47.4 Å². The molecular weight excluding hydrogens is 278 g/mol. The lowest BCUT2D eigenvalue weighted by Gasteiger charge is -2.10. The quantitative estimate of drug-likeness (QED) is 0.913. The molecule has 1 aliphatic rings. The average molecular weight is 299 g/mol. The zero-order valence-electron chi connectivity index (χ0n) is 12.8. The van der Waals surface area contributed by atoms with Gasteiger partial charge in [-0.2, -0.15) is 5.10 Å². The van der Waals surface area contributed by atoms with Crippen LogP contribution in [0.25, 0.3) is 0 Å². The van der Waals surface area contributed by atoms with Gasteiger partial charge in [-0.05, 0) is 37.8 Å². The van der Waals surface area contributed by atoms with E-state index in [1.54, 1.807) is 13.2 Å². The molecule has 0 spiro atoms. The second-order valence-corrected chi connectivity index (χ2v) is 5.63. The summed E-state index contributed by atoms with van der Waals surface area (Å²) in [6.07, 6.45) is 6.66. The Hall–Kier alpha value is -2.30. The third-order valence-electron chi connectivity index (χ3n) is 4.10. The maximum Gasteiger partial charge on any atom is 0.276 e. The molecule has 116 valence electrons. The number of amides is 1. The number of H-pyrrole nitrogens is 1. The second kappa shape index (κ2) is 6.64. The molecule has 0 aliphatic heterocycles.